The minimum absolute atomic E-state index is 0.0857. The van der Waals surface area contributed by atoms with E-state index in [9.17, 15) is 9.59 Å². The van der Waals surface area contributed by atoms with Gasteiger partial charge in [-0.1, -0.05) is 24.3 Å². The molecule has 2 atom stereocenters. The number of carbonyl (C=O) groups is 2. The molecular formula is C24H22N6O2. The van der Waals surface area contributed by atoms with Crippen molar-refractivity contribution in [1.82, 2.24) is 24.1 Å². The number of amides is 2. The van der Waals surface area contributed by atoms with Gasteiger partial charge in [-0.25, -0.2) is 9.50 Å². The zero-order valence-corrected chi connectivity index (χ0v) is 17.8. The lowest BCUT2D eigenvalue weighted by atomic mass is 9.74. The Labute approximate surface area is 184 Å². The Morgan fingerprint density at radius 2 is 2.06 bits per heavy atom. The lowest BCUT2D eigenvalue weighted by molar-refractivity contribution is -0.121. The molecule has 1 saturated heterocycles. The fourth-order valence-corrected chi connectivity index (χ4v) is 5.31. The van der Waals surface area contributed by atoms with Crippen LogP contribution in [0.2, 0.25) is 0 Å². The van der Waals surface area contributed by atoms with Gasteiger partial charge < -0.3 is 14.8 Å². The van der Waals surface area contributed by atoms with Gasteiger partial charge in [-0.3, -0.25) is 9.59 Å². The molecular weight excluding hydrogens is 404 g/mol. The number of nitrogens with one attached hydrogen (secondary N) is 1. The largest absolute Gasteiger partial charge is 0.336 e. The second-order valence-corrected chi connectivity index (χ2v) is 8.61. The molecule has 6 rings (SSSR count). The van der Waals surface area contributed by atoms with Crippen LogP contribution in [-0.2, 0) is 17.3 Å². The van der Waals surface area contributed by atoms with Crippen LogP contribution in [0.1, 0.15) is 39.8 Å². The van der Waals surface area contributed by atoms with Gasteiger partial charge in [0, 0.05) is 37.9 Å². The summed E-state index contributed by atoms with van der Waals surface area (Å²) in [6.45, 7) is 2.43. The van der Waals surface area contributed by atoms with Gasteiger partial charge in [-0.15, -0.1) is 0 Å². The van der Waals surface area contributed by atoms with E-state index in [4.69, 9.17) is 0 Å². The Bertz CT molecular complexity index is 1400. The zero-order chi connectivity index (χ0) is 22.0. The van der Waals surface area contributed by atoms with Gasteiger partial charge in [0.05, 0.1) is 17.3 Å². The molecule has 1 aromatic carbocycles. The van der Waals surface area contributed by atoms with E-state index >= 15 is 0 Å². The number of carbonyl (C=O) groups excluding carboxylic acids is 2. The van der Waals surface area contributed by atoms with Crippen LogP contribution in [-0.4, -0.2) is 42.4 Å². The number of aromatic nitrogens is 4. The van der Waals surface area contributed by atoms with Gasteiger partial charge in [0.1, 0.15) is 17.3 Å². The molecule has 1 fully saturated rings. The monoisotopic (exact) mass is 426 g/mol. The van der Waals surface area contributed by atoms with Gasteiger partial charge in [0.15, 0.2) is 0 Å². The summed E-state index contributed by atoms with van der Waals surface area (Å²) in [6.07, 6.45) is 7.59. The molecule has 0 saturated carbocycles. The summed E-state index contributed by atoms with van der Waals surface area (Å²) in [6, 6.07) is 11.1. The Hall–Kier alpha value is -3.94. The smallest absolute Gasteiger partial charge is 0.258 e. The SMILES string of the molecule is Cc1ccc2c(C(=O)N3CC[C@]4(C(=O)Nc5ccccc54)[C@@H]3c3nccn3C)cnn2c1. The summed E-state index contributed by atoms with van der Waals surface area (Å²) >= 11 is 0. The molecule has 0 radical (unpaired) electrons. The van der Waals surface area contributed by atoms with Crippen molar-refractivity contribution in [2.24, 2.45) is 7.05 Å². The number of nitrogens with zero attached hydrogens (tertiary/aromatic N) is 5. The third kappa shape index (κ3) is 2.37. The number of likely N-dealkylation sites (tertiary alicyclic amines) is 1. The second-order valence-electron chi connectivity index (χ2n) is 8.61. The van der Waals surface area contributed by atoms with Crippen molar-refractivity contribution in [3.05, 3.63) is 83.7 Å². The predicted octanol–water partition coefficient (Wildman–Crippen LogP) is 2.85. The predicted molar refractivity (Wildman–Crippen MR) is 118 cm³/mol. The third-order valence-corrected chi connectivity index (χ3v) is 6.84. The Kier molecular flexibility index (Phi) is 3.83. The molecule has 8 nitrogen and oxygen atoms in total. The molecule has 2 aliphatic heterocycles. The Morgan fingerprint density at radius 1 is 1.22 bits per heavy atom. The van der Waals surface area contributed by atoms with Gasteiger partial charge >= 0.3 is 0 Å². The second kappa shape index (κ2) is 6.53. The normalized spacial score (nSPS) is 22.0. The van der Waals surface area contributed by atoms with Crippen LogP contribution in [0.15, 0.2) is 61.2 Å². The molecule has 160 valence electrons. The first kappa shape index (κ1) is 18.8. The quantitative estimate of drug-likeness (QED) is 0.534. The van der Waals surface area contributed by atoms with Gasteiger partial charge in [-0.2, -0.15) is 5.10 Å². The Morgan fingerprint density at radius 3 is 2.88 bits per heavy atom. The van der Waals surface area contributed by atoms with Crippen molar-refractivity contribution >= 4 is 23.0 Å². The molecule has 1 N–H and O–H groups in total. The van der Waals surface area contributed by atoms with Crippen molar-refractivity contribution in [2.45, 2.75) is 24.8 Å². The van der Waals surface area contributed by atoms with E-state index in [1.54, 1.807) is 21.8 Å². The maximum atomic E-state index is 13.9. The number of pyridine rings is 1. The lowest BCUT2D eigenvalue weighted by Gasteiger charge is -2.33. The number of imidazole rings is 1. The standard InChI is InChI=1S/C24H22N6O2/c1-15-7-8-19-16(13-26-30(19)14-15)22(31)29-11-9-24(20(29)21-25-10-12-28(21)2)17-5-3-4-6-18(17)27-23(24)32/h3-8,10,12-14,20H,9,11H2,1-2H3,(H,27,32)/t20-,24+/m0/s1. The number of anilines is 1. The van der Waals surface area contributed by atoms with E-state index in [1.165, 1.54) is 0 Å². The summed E-state index contributed by atoms with van der Waals surface area (Å²) < 4.78 is 3.62. The molecule has 2 amide bonds. The summed E-state index contributed by atoms with van der Waals surface area (Å²) in [5, 5.41) is 7.43. The number of fused-ring (bicyclic) bond motifs is 3. The highest BCUT2D eigenvalue weighted by molar-refractivity contribution is 6.08. The van der Waals surface area contributed by atoms with Gasteiger partial charge in [0.2, 0.25) is 5.91 Å². The molecule has 0 unspecified atom stereocenters. The Balaban J connectivity index is 1.52. The first-order valence-electron chi connectivity index (χ1n) is 10.6. The molecule has 32 heavy (non-hydrogen) atoms. The van der Waals surface area contributed by atoms with Crippen LogP contribution in [0.25, 0.3) is 5.52 Å². The highest BCUT2D eigenvalue weighted by Crippen LogP contribution is 2.54. The van der Waals surface area contributed by atoms with Crippen molar-refractivity contribution in [1.29, 1.82) is 0 Å². The number of para-hydroxylation sites is 1. The highest BCUT2D eigenvalue weighted by Gasteiger charge is 2.60. The van der Waals surface area contributed by atoms with E-state index in [0.29, 0.717) is 24.4 Å². The van der Waals surface area contributed by atoms with Gasteiger partial charge in [0.25, 0.3) is 5.91 Å². The van der Waals surface area contributed by atoms with Crippen LogP contribution < -0.4 is 5.32 Å². The molecule has 4 aromatic rings. The zero-order valence-electron chi connectivity index (χ0n) is 17.8. The number of hydrogen-bond donors (Lipinski definition) is 1. The number of hydrogen-bond acceptors (Lipinski definition) is 4. The summed E-state index contributed by atoms with van der Waals surface area (Å²) in [7, 11) is 1.90. The molecule has 8 heteroatoms. The van der Waals surface area contributed by atoms with Crippen LogP contribution in [0.3, 0.4) is 0 Å². The van der Waals surface area contributed by atoms with E-state index in [-0.39, 0.29) is 11.8 Å². The summed E-state index contributed by atoms with van der Waals surface area (Å²) in [5.41, 5.74) is 3.17. The topological polar surface area (TPSA) is 84.5 Å². The van der Waals surface area contributed by atoms with E-state index < -0.39 is 11.5 Å². The van der Waals surface area contributed by atoms with Crippen LogP contribution in [0.5, 0.6) is 0 Å². The van der Waals surface area contributed by atoms with Crippen molar-refractivity contribution < 1.29 is 9.59 Å². The summed E-state index contributed by atoms with van der Waals surface area (Å²) in [5.74, 6) is 0.457. The third-order valence-electron chi connectivity index (χ3n) is 6.84. The summed E-state index contributed by atoms with van der Waals surface area (Å²) in [4.78, 5) is 33.7. The molecule has 0 bridgehead atoms. The average Bonchev–Trinajstić information content (AvgIpc) is 3.54. The highest BCUT2D eigenvalue weighted by atomic mass is 16.2. The molecule has 1 spiro atoms. The van der Waals surface area contributed by atoms with Crippen LogP contribution in [0, 0.1) is 6.92 Å². The van der Waals surface area contributed by atoms with E-state index in [0.717, 1.165) is 22.3 Å². The van der Waals surface area contributed by atoms with E-state index in [1.807, 2.05) is 67.3 Å². The minimum Gasteiger partial charge on any atom is -0.336 e. The molecule has 3 aromatic heterocycles. The fraction of sp³-hybridized carbons (Fsp3) is 0.250. The van der Waals surface area contributed by atoms with Crippen molar-refractivity contribution in [3.8, 4) is 0 Å². The van der Waals surface area contributed by atoms with Crippen molar-refractivity contribution in [3.63, 3.8) is 0 Å². The molecule has 0 aliphatic carbocycles. The van der Waals surface area contributed by atoms with Crippen LogP contribution >= 0.6 is 0 Å². The minimum atomic E-state index is -0.884. The first-order valence-corrected chi connectivity index (χ1v) is 10.6. The number of aryl methyl sites for hydroxylation is 2. The lowest BCUT2D eigenvalue weighted by Crippen LogP contribution is -2.43. The maximum absolute atomic E-state index is 13.9. The maximum Gasteiger partial charge on any atom is 0.258 e. The van der Waals surface area contributed by atoms with E-state index in [2.05, 4.69) is 15.4 Å². The number of rotatable bonds is 2. The average molecular weight is 426 g/mol. The number of benzene rings is 1. The molecule has 2 aliphatic rings. The fourth-order valence-electron chi connectivity index (χ4n) is 5.31. The van der Waals surface area contributed by atoms with Crippen molar-refractivity contribution in [2.75, 3.05) is 11.9 Å². The van der Waals surface area contributed by atoms with Crippen LogP contribution in [0.4, 0.5) is 5.69 Å². The molecule has 5 heterocycles. The first-order chi connectivity index (χ1) is 15.5. The van der Waals surface area contributed by atoms with Gasteiger partial charge in [-0.05, 0) is 36.6 Å².